The Morgan fingerprint density at radius 1 is 1.00 bits per heavy atom. The van der Waals surface area contributed by atoms with Gasteiger partial charge < -0.3 is 0 Å². The molecule has 1 heterocycles. The molecule has 2 fully saturated rings. The molecule has 1 aliphatic heterocycles. The number of rotatable bonds is 6. The SMILES string of the molecule is CCCCCC(=O)C1(N2CCCCC2)CCCC1. The number of nitrogens with zero attached hydrogens (tertiary/aromatic N) is 1. The van der Waals surface area contributed by atoms with E-state index in [-0.39, 0.29) is 5.54 Å². The van der Waals surface area contributed by atoms with Crippen LogP contribution in [0.15, 0.2) is 0 Å². The highest BCUT2D eigenvalue weighted by molar-refractivity contribution is 5.88. The van der Waals surface area contributed by atoms with Crippen LogP contribution in [0.3, 0.4) is 0 Å². The normalized spacial score (nSPS) is 24.3. The van der Waals surface area contributed by atoms with Crippen LogP contribution in [0.1, 0.15) is 77.6 Å². The van der Waals surface area contributed by atoms with E-state index in [4.69, 9.17) is 0 Å². The molecule has 1 saturated heterocycles. The molecule has 2 rings (SSSR count). The Bertz CT molecular complexity index is 262. The lowest BCUT2D eigenvalue weighted by Crippen LogP contribution is -2.54. The van der Waals surface area contributed by atoms with Crippen molar-refractivity contribution in [3.63, 3.8) is 0 Å². The van der Waals surface area contributed by atoms with Crippen molar-refractivity contribution >= 4 is 5.78 Å². The summed E-state index contributed by atoms with van der Waals surface area (Å²) in [6.45, 7) is 4.54. The van der Waals surface area contributed by atoms with Crippen LogP contribution < -0.4 is 0 Å². The first-order valence-electron chi connectivity index (χ1n) is 8.08. The Morgan fingerprint density at radius 3 is 2.28 bits per heavy atom. The Morgan fingerprint density at radius 2 is 1.67 bits per heavy atom. The second kappa shape index (κ2) is 6.70. The Labute approximate surface area is 112 Å². The van der Waals surface area contributed by atoms with Gasteiger partial charge in [0.2, 0.25) is 0 Å². The number of piperidine rings is 1. The lowest BCUT2D eigenvalue weighted by Gasteiger charge is -2.42. The zero-order valence-corrected chi connectivity index (χ0v) is 12.0. The fourth-order valence-corrected chi connectivity index (χ4v) is 3.82. The second-order valence-electron chi connectivity index (χ2n) is 6.17. The Hall–Kier alpha value is -0.370. The van der Waals surface area contributed by atoms with Gasteiger partial charge in [-0.05, 0) is 45.2 Å². The first kappa shape index (κ1) is 14.0. The van der Waals surface area contributed by atoms with Gasteiger partial charge in [-0.3, -0.25) is 9.69 Å². The molecule has 1 saturated carbocycles. The molecule has 0 radical (unpaired) electrons. The Balaban J connectivity index is 1.98. The average molecular weight is 251 g/mol. The van der Waals surface area contributed by atoms with Crippen molar-refractivity contribution in [2.75, 3.05) is 13.1 Å². The number of ketones is 1. The molecule has 0 aromatic rings. The minimum Gasteiger partial charge on any atom is -0.298 e. The van der Waals surface area contributed by atoms with Crippen LogP contribution in [0.25, 0.3) is 0 Å². The monoisotopic (exact) mass is 251 g/mol. The number of hydrogen-bond donors (Lipinski definition) is 0. The van der Waals surface area contributed by atoms with Gasteiger partial charge in [0.1, 0.15) is 0 Å². The molecule has 18 heavy (non-hydrogen) atoms. The van der Waals surface area contributed by atoms with E-state index in [0.29, 0.717) is 5.78 Å². The van der Waals surface area contributed by atoms with Crippen LogP contribution >= 0.6 is 0 Å². The highest BCUT2D eigenvalue weighted by Gasteiger charge is 2.45. The molecule has 1 aliphatic carbocycles. The summed E-state index contributed by atoms with van der Waals surface area (Å²) in [5, 5.41) is 0. The summed E-state index contributed by atoms with van der Waals surface area (Å²) in [6, 6.07) is 0. The van der Waals surface area contributed by atoms with Crippen LogP contribution in [0.2, 0.25) is 0 Å². The van der Waals surface area contributed by atoms with E-state index in [9.17, 15) is 4.79 Å². The third-order valence-corrected chi connectivity index (χ3v) is 4.92. The van der Waals surface area contributed by atoms with Gasteiger partial charge in [0.15, 0.2) is 5.78 Å². The minimum atomic E-state index is -0.0336. The van der Waals surface area contributed by atoms with E-state index in [0.717, 1.165) is 25.7 Å². The maximum Gasteiger partial charge on any atom is 0.153 e. The number of unbranched alkanes of at least 4 members (excludes halogenated alkanes) is 2. The summed E-state index contributed by atoms with van der Waals surface area (Å²) in [7, 11) is 0. The lowest BCUT2D eigenvalue weighted by molar-refractivity contribution is -0.132. The van der Waals surface area contributed by atoms with Crippen LogP contribution in [-0.2, 0) is 4.79 Å². The largest absolute Gasteiger partial charge is 0.298 e. The van der Waals surface area contributed by atoms with Gasteiger partial charge in [0, 0.05) is 6.42 Å². The van der Waals surface area contributed by atoms with Gasteiger partial charge in [-0.25, -0.2) is 0 Å². The molecule has 2 aliphatic rings. The zero-order valence-electron chi connectivity index (χ0n) is 12.0. The number of likely N-dealkylation sites (tertiary alicyclic amines) is 1. The minimum absolute atomic E-state index is 0.0336. The van der Waals surface area contributed by atoms with E-state index >= 15 is 0 Å². The van der Waals surface area contributed by atoms with Crippen molar-refractivity contribution in [1.82, 2.24) is 4.90 Å². The molecule has 0 spiro atoms. The van der Waals surface area contributed by atoms with Gasteiger partial charge in [0.25, 0.3) is 0 Å². The summed E-state index contributed by atoms with van der Waals surface area (Å²) in [4.78, 5) is 15.3. The third-order valence-electron chi connectivity index (χ3n) is 4.92. The molecule has 0 N–H and O–H groups in total. The fraction of sp³-hybridized carbons (Fsp3) is 0.938. The van der Waals surface area contributed by atoms with Crippen molar-refractivity contribution < 1.29 is 4.79 Å². The first-order valence-corrected chi connectivity index (χ1v) is 8.08. The van der Waals surface area contributed by atoms with E-state index in [2.05, 4.69) is 11.8 Å². The van der Waals surface area contributed by atoms with E-state index in [1.54, 1.807) is 0 Å². The molecule has 0 unspecified atom stereocenters. The second-order valence-corrected chi connectivity index (χ2v) is 6.17. The molecule has 0 atom stereocenters. The van der Waals surface area contributed by atoms with Crippen molar-refractivity contribution in [1.29, 1.82) is 0 Å². The van der Waals surface area contributed by atoms with Gasteiger partial charge in [-0.15, -0.1) is 0 Å². The lowest BCUT2D eigenvalue weighted by atomic mass is 9.85. The van der Waals surface area contributed by atoms with Crippen LogP contribution in [-0.4, -0.2) is 29.3 Å². The molecule has 0 bridgehead atoms. The summed E-state index contributed by atoms with van der Waals surface area (Å²) >= 11 is 0. The average Bonchev–Trinajstić information content (AvgIpc) is 2.90. The molecule has 0 aromatic carbocycles. The van der Waals surface area contributed by atoms with E-state index < -0.39 is 0 Å². The van der Waals surface area contributed by atoms with Gasteiger partial charge in [-0.2, -0.15) is 0 Å². The highest BCUT2D eigenvalue weighted by atomic mass is 16.1. The first-order chi connectivity index (χ1) is 8.79. The zero-order chi connectivity index (χ0) is 12.8. The third kappa shape index (κ3) is 2.96. The topological polar surface area (TPSA) is 20.3 Å². The summed E-state index contributed by atoms with van der Waals surface area (Å²) in [6.07, 6.45) is 13.1. The molecule has 0 amide bonds. The molecule has 2 nitrogen and oxygen atoms in total. The molecular weight excluding hydrogens is 222 g/mol. The maximum absolute atomic E-state index is 12.7. The van der Waals surface area contributed by atoms with Crippen molar-refractivity contribution in [2.45, 2.75) is 83.1 Å². The maximum atomic E-state index is 12.7. The molecule has 104 valence electrons. The number of Topliss-reactive ketones (excluding diaryl/α,β-unsaturated/α-hetero) is 1. The fourth-order valence-electron chi connectivity index (χ4n) is 3.82. The summed E-state index contributed by atoms with van der Waals surface area (Å²) in [5.41, 5.74) is -0.0336. The summed E-state index contributed by atoms with van der Waals surface area (Å²) in [5.74, 6) is 0.565. The van der Waals surface area contributed by atoms with E-state index in [1.165, 1.54) is 58.0 Å². The predicted octanol–water partition coefficient (Wildman–Crippen LogP) is 3.93. The van der Waals surface area contributed by atoms with Gasteiger partial charge >= 0.3 is 0 Å². The van der Waals surface area contributed by atoms with Crippen molar-refractivity contribution in [2.24, 2.45) is 0 Å². The van der Waals surface area contributed by atoms with Gasteiger partial charge in [0.05, 0.1) is 5.54 Å². The van der Waals surface area contributed by atoms with Crippen LogP contribution in [0, 0.1) is 0 Å². The smallest absolute Gasteiger partial charge is 0.153 e. The summed E-state index contributed by atoms with van der Waals surface area (Å²) < 4.78 is 0. The number of hydrogen-bond acceptors (Lipinski definition) is 2. The molecular formula is C16H29NO. The Kier molecular flexibility index (Phi) is 5.23. The number of carbonyl (C=O) groups is 1. The van der Waals surface area contributed by atoms with Crippen LogP contribution in [0.4, 0.5) is 0 Å². The van der Waals surface area contributed by atoms with Crippen molar-refractivity contribution in [3.8, 4) is 0 Å². The molecule has 2 heteroatoms. The predicted molar refractivity (Wildman–Crippen MR) is 75.8 cm³/mol. The molecule has 0 aromatic heterocycles. The van der Waals surface area contributed by atoms with Gasteiger partial charge in [-0.1, -0.05) is 39.0 Å². The van der Waals surface area contributed by atoms with E-state index in [1.807, 2.05) is 0 Å². The highest BCUT2D eigenvalue weighted by Crippen LogP contribution is 2.38. The standard InChI is InChI=1S/C16H29NO/c1-2-3-5-10-15(18)16(11-6-7-12-16)17-13-8-4-9-14-17/h2-14H2,1H3. The number of carbonyl (C=O) groups excluding carboxylic acids is 1. The quantitative estimate of drug-likeness (QED) is 0.667. The van der Waals surface area contributed by atoms with Crippen LogP contribution in [0.5, 0.6) is 0 Å². The van der Waals surface area contributed by atoms with Crippen molar-refractivity contribution in [3.05, 3.63) is 0 Å².